The van der Waals surface area contributed by atoms with Crippen LogP contribution >= 0.6 is 0 Å². The lowest BCUT2D eigenvalue weighted by molar-refractivity contribution is 0.0859. The van der Waals surface area contributed by atoms with E-state index in [1.807, 2.05) is 0 Å². The smallest absolute Gasteiger partial charge is 0.129 e. The minimum atomic E-state index is -0.541. The lowest BCUT2D eigenvalue weighted by Crippen LogP contribution is -2.34. The zero-order chi connectivity index (χ0) is 25.1. The summed E-state index contributed by atoms with van der Waals surface area (Å²) < 4.78 is 0. The summed E-state index contributed by atoms with van der Waals surface area (Å²) >= 11 is 0. The van der Waals surface area contributed by atoms with Gasteiger partial charge < -0.3 is 15.1 Å². The number of anilines is 1. The topological polar surface area (TPSA) is 56.6 Å². The molecular weight excluding hydrogens is 432 g/mol. The fourth-order valence-corrected chi connectivity index (χ4v) is 6.04. The molecule has 4 nitrogen and oxygen atoms in total. The average molecular weight is 479 g/mol. The summed E-state index contributed by atoms with van der Waals surface area (Å²) in [6.45, 7) is 11.6. The lowest BCUT2D eigenvalue weighted by atomic mass is 9.63. The highest BCUT2D eigenvalue weighted by atomic mass is 16.3. The van der Waals surface area contributed by atoms with E-state index in [2.05, 4.69) is 69.0 Å². The summed E-state index contributed by atoms with van der Waals surface area (Å²) in [5.41, 5.74) is 5.75. The van der Waals surface area contributed by atoms with Crippen molar-refractivity contribution >= 4 is 5.82 Å². The third kappa shape index (κ3) is 6.27. The fraction of sp³-hybridized carbons (Fsp3) is 0.645. The molecule has 1 aliphatic heterocycles. The largest absolute Gasteiger partial charge is 0.394 e. The van der Waals surface area contributed by atoms with Crippen LogP contribution in [0.2, 0.25) is 0 Å². The Morgan fingerprint density at radius 2 is 1.66 bits per heavy atom. The molecule has 2 aromatic rings. The van der Waals surface area contributed by atoms with Crippen molar-refractivity contribution in [2.45, 2.75) is 102 Å². The molecule has 4 rings (SSSR count). The zero-order valence-corrected chi connectivity index (χ0v) is 22.4. The van der Waals surface area contributed by atoms with E-state index in [0.717, 1.165) is 49.8 Å². The third-order valence-electron chi connectivity index (χ3n) is 8.68. The molecule has 1 aromatic heterocycles. The normalized spacial score (nSPS) is 20.5. The molecule has 2 N–H and O–H groups in total. The molecule has 1 aromatic carbocycles. The van der Waals surface area contributed by atoms with Crippen molar-refractivity contribution in [3.8, 4) is 11.3 Å². The van der Waals surface area contributed by atoms with Crippen LogP contribution in [0, 0.1) is 5.92 Å². The van der Waals surface area contributed by atoms with Crippen LogP contribution in [-0.2, 0) is 10.8 Å². The van der Waals surface area contributed by atoms with E-state index in [9.17, 15) is 5.11 Å². The number of rotatable bonds is 9. The molecule has 0 amide bonds. The van der Waals surface area contributed by atoms with E-state index in [4.69, 9.17) is 10.1 Å². The van der Waals surface area contributed by atoms with Gasteiger partial charge in [-0.1, -0.05) is 71.6 Å². The van der Waals surface area contributed by atoms with Gasteiger partial charge in [0.25, 0.3) is 0 Å². The summed E-state index contributed by atoms with van der Waals surface area (Å²) in [5, 5.41) is 18.4. The first kappa shape index (κ1) is 26.2. The Morgan fingerprint density at radius 3 is 2.37 bits per heavy atom. The molecule has 192 valence electrons. The van der Waals surface area contributed by atoms with E-state index in [1.54, 1.807) is 0 Å². The van der Waals surface area contributed by atoms with Crippen LogP contribution < -0.4 is 4.90 Å². The second kappa shape index (κ2) is 11.0. The van der Waals surface area contributed by atoms with Crippen LogP contribution in [0.4, 0.5) is 5.82 Å². The van der Waals surface area contributed by atoms with Crippen molar-refractivity contribution in [2.75, 3.05) is 24.6 Å². The molecule has 1 saturated heterocycles. The van der Waals surface area contributed by atoms with Crippen molar-refractivity contribution in [1.29, 1.82) is 0 Å². The second-order valence-corrected chi connectivity index (χ2v) is 12.3. The van der Waals surface area contributed by atoms with Crippen LogP contribution in [0.25, 0.3) is 11.3 Å². The lowest BCUT2D eigenvalue weighted by Gasteiger charge is -2.42. The maximum Gasteiger partial charge on any atom is 0.129 e. The Morgan fingerprint density at radius 1 is 0.943 bits per heavy atom. The molecular formula is C31H46N2O2. The van der Waals surface area contributed by atoms with Crippen molar-refractivity contribution in [3.63, 3.8) is 0 Å². The van der Waals surface area contributed by atoms with Crippen LogP contribution in [0.15, 0.2) is 36.4 Å². The number of pyridine rings is 1. The number of hydrogen-bond acceptors (Lipinski definition) is 4. The summed E-state index contributed by atoms with van der Waals surface area (Å²) in [4.78, 5) is 7.58. The quantitative estimate of drug-likeness (QED) is 0.398. The minimum Gasteiger partial charge on any atom is -0.394 e. The van der Waals surface area contributed by atoms with Gasteiger partial charge >= 0.3 is 0 Å². The second-order valence-electron chi connectivity index (χ2n) is 12.3. The number of unbranched alkanes of at least 4 members (excludes halogenated alkanes) is 2. The highest BCUT2D eigenvalue weighted by Crippen LogP contribution is 2.46. The standard InChI is InChI=1S/C31H46N2O2/c1-30(2)17-18-31(3,4)27-21-24(13-14-26(27)30)28-11-8-12-29(32-28)33-19-15-23(16-20-33)9-6-5-7-10-25(35)22-34/h8,11-14,21,23,25,34-35H,5-7,9-10,15-20,22H2,1-4H3/t25-/m0/s1. The van der Waals surface area contributed by atoms with E-state index < -0.39 is 6.10 Å². The molecule has 0 saturated carbocycles. The predicted molar refractivity (Wildman–Crippen MR) is 146 cm³/mol. The number of aliphatic hydroxyl groups excluding tert-OH is 2. The number of fused-ring (bicyclic) bond motifs is 1. The minimum absolute atomic E-state index is 0.115. The third-order valence-corrected chi connectivity index (χ3v) is 8.68. The van der Waals surface area contributed by atoms with Gasteiger partial charge in [0, 0.05) is 18.7 Å². The van der Waals surface area contributed by atoms with Gasteiger partial charge in [0.2, 0.25) is 0 Å². The molecule has 0 unspecified atom stereocenters. The maximum absolute atomic E-state index is 9.47. The van der Waals surface area contributed by atoms with Gasteiger partial charge in [-0.05, 0) is 78.2 Å². The fourth-order valence-electron chi connectivity index (χ4n) is 6.04. The molecule has 0 bridgehead atoms. The monoisotopic (exact) mass is 478 g/mol. The highest BCUT2D eigenvalue weighted by molar-refractivity contribution is 5.65. The Labute approximate surface area is 212 Å². The number of piperidine rings is 1. The number of hydrogen-bond donors (Lipinski definition) is 2. The molecule has 35 heavy (non-hydrogen) atoms. The zero-order valence-electron chi connectivity index (χ0n) is 22.4. The maximum atomic E-state index is 9.47. The van der Waals surface area contributed by atoms with E-state index in [1.165, 1.54) is 55.2 Å². The first-order valence-electron chi connectivity index (χ1n) is 13.9. The summed E-state index contributed by atoms with van der Waals surface area (Å²) in [6, 6.07) is 13.5. The Bertz CT molecular complexity index is 976. The van der Waals surface area contributed by atoms with Gasteiger partial charge in [0.15, 0.2) is 0 Å². The first-order valence-corrected chi connectivity index (χ1v) is 13.9. The molecule has 1 atom stereocenters. The van der Waals surface area contributed by atoms with Gasteiger partial charge in [-0.15, -0.1) is 0 Å². The van der Waals surface area contributed by atoms with E-state index in [-0.39, 0.29) is 17.4 Å². The van der Waals surface area contributed by atoms with Gasteiger partial charge in [-0.2, -0.15) is 0 Å². The van der Waals surface area contributed by atoms with Gasteiger partial charge in [-0.25, -0.2) is 4.98 Å². The molecule has 1 aliphatic carbocycles. The highest BCUT2D eigenvalue weighted by Gasteiger charge is 2.37. The van der Waals surface area contributed by atoms with E-state index >= 15 is 0 Å². The Balaban J connectivity index is 1.37. The van der Waals surface area contributed by atoms with Gasteiger partial charge in [0.05, 0.1) is 18.4 Å². The van der Waals surface area contributed by atoms with Crippen molar-refractivity contribution in [2.24, 2.45) is 5.92 Å². The molecule has 0 radical (unpaired) electrons. The molecule has 2 aliphatic rings. The van der Waals surface area contributed by atoms with Crippen LogP contribution in [0.3, 0.4) is 0 Å². The number of aromatic nitrogens is 1. The predicted octanol–water partition coefficient (Wildman–Crippen LogP) is 6.62. The van der Waals surface area contributed by atoms with Crippen molar-refractivity contribution < 1.29 is 10.2 Å². The summed E-state index contributed by atoms with van der Waals surface area (Å²) in [6.07, 6.45) is 9.76. The molecule has 4 heteroatoms. The Hall–Kier alpha value is -1.91. The number of aliphatic hydroxyl groups is 2. The van der Waals surface area contributed by atoms with Crippen molar-refractivity contribution in [1.82, 2.24) is 4.98 Å². The van der Waals surface area contributed by atoms with E-state index in [0.29, 0.717) is 0 Å². The van der Waals surface area contributed by atoms with Gasteiger partial charge in [0.1, 0.15) is 5.82 Å². The number of benzene rings is 1. The molecule has 0 spiro atoms. The summed E-state index contributed by atoms with van der Waals surface area (Å²) in [7, 11) is 0. The van der Waals surface area contributed by atoms with Crippen LogP contribution in [-0.4, -0.2) is 41.0 Å². The first-order chi connectivity index (χ1) is 16.7. The number of nitrogens with zero attached hydrogens (tertiary/aromatic N) is 2. The Kier molecular flexibility index (Phi) is 8.23. The van der Waals surface area contributed by atoms with Crippen LogP contribution in [0.1, 0.15) is 96.6 Å². The summed E-state index contributed by atoms with van der Waals surface area (Å²) in [5.74, 6) is 1.90. The molecule has 2 heterocycles. The van der Waals surface area contributed by atoms with Crippen molar-refractivity contribution in [3.05, 3.63) is 47.5 Å². The van der Waals surface area contributed by atoms with Crippen LogP contribution in [0.5, 0.6) is 0 Å². The SMILES string of the molecule is CC1(C)CCC(C)(C)c2cc(-c3cccc(N4CCC(CCCCC[C@H](O)CO)CC4)n3)ccc21. The van der Waals surface area contributed by atoms with Gasteiger partial charge in [-0.3, -0.25) is 0 Å². The average Bonchev–Trinajstić information content (AvgIpc) is 2.87. The molecule has 1 fully saturated rings.